The lowest BCUT2D eigenvalue weighted by Crippen LogP contribution is -2.45. The van der Waals surface area contributed by atoms with Gasteiger partial charge in [-0.25, -0.2) is 4.57 Å². The first-order valence-corrected chi connectivity index (χ1v) is 27.3. The van der Waals surface area contributed by atoms with Crippen LogP contribution in [0.3, 0.4) is 0 Å². The van der Waals surface area contributed by atoms with Crippen LogP contribution in [-0.4, -0.2) is 47.8 Å². The second-order valence-electron chi connectivity index (χ2n) is 17.7. The Hall–Kier alpha value is -0.760. The zero-order valence-electron chi connectivity index (χ0n) is 39.3. The van der Waals surface area contributed by atoms with Gasteiger partial charge in [-0.2, -0.15) is 0 Å². The largest absolute Gasteiger partial charge is 0.472 e. The number of aliphatic hydroxyl groups is 1. The Morgan fingerprint density at radius 1 is 0.542 bits per heavy atom. The molecule has 0 radical (unpaired) electrons. The van der Waals surface area contributed by atoms with Crippen molar-refractivity contribution in [3.8, 4) is 0 Å². The number of nitrogens with two attached hydrogens (primary N) is 1. The van der Waals surface area contributed by atoms with Crippen molar-refractivity contribution in [1.29, 1.82) is 0 Å². The molecule has 0 rings (SSSR count). The zero-order chi connectivity index (χ0) is 43.2. The summed E-state index contributed by atoms with van der Waals surface area (Å²) in [6.07, 6.45) is 54.2. The Kier molecular flexibility index (Phi) is 46.1. The van der Waals surface area contributed by atoms with E-state index in [0.29, 0.717) is 6.42 Å². The van der Waals surface area contributed by atoms with Crippen LogP contribution < -0.4 is 11.1 Å². The molecule has 1 unspecified atom stereocenters. The van der Waals surface area contributed by atoms with Crippen molar-refractivity contribution in [2.45, 2.75) is 283 Å². The highest BCUT2D eigenvalue weighted by atomic mass is 31.2. The van der Waals surface area contributed by atoms with E-state index in [9.17, 15) is 19.4 Å². The summed E-state index contributed by atoms with van der Waals surface area (Å²) < 4.78 is 22.2. The van der Waals surface area contributed by atoms with E-state index >= 15 is 0 Å². The molecule has 0 aliphatic carbocycles. The summed E-state index contributed by atoms with van der Waals surface area (Å²) in [4.78, 5) is 22.8. The quantitative estimate of drug-likeness (QED) is 0.0272. The summed E-state index contributed by atoms with van der Waals surface area (Å²) >= 11 is 0. The van der Waals surface area contributed by atoms with Crippen molar-refractivity contribution in [3.63, 3.8) is 0 Å². The fourth-order valence-electron chi connectivity index (χ4n) is 7.96. The van der Waals surface area contributed by atoms with Gasteiger partial charge in [-0.1, -0.05) is 257 Å². The van der Waals surface area contributed by atoms with Gasteiger partial charge in [0.1, 0.15) is 0 Å². The molecule has 9 heteroatoms. The third-order valence-corrected chi connectivity index (χ3v) is 12.8. The molecule has 352 valence electrons. The van der Waals surface area contributed by atoms with Gasteiger partial charge in [-0.3, -0.25) is 13.8 Å². The van der Waals surface area contributed by atoms with Gasteiger partial charge in [0.2, 0.25) is 5.91 Å². The van der Waals surface area contributed by atoms with Crippen molar-refractivity contribution in [3.05, 3.63) is 12.2 Å². The van der Waals surface area contributed by atoms with Crippen LogP contribution in [0.15, 0.2) is 12.2 Å². The minimum Gasteiger partial charge on any atom is -0.387 e. The molecule has 0 aromatic rings. The summed E-state index contributed by atoms with van der Waals surface area (Å²) in [6.45, 7) is 4.18. The number of rotatable bonds is 49. The Morgan fingerprint density at radius 3 is 1.20 bits per heavy atom. The fraction of sp³-hybridized carbons (Fsp3) is 0.940. The summed E-state index contributed by atoms with van der Waals surface area (Å²) in [6, 6.07) is -0.855. The van der Waals surface area contributed by atoms with E-state index in [4.69, 9.17) is 14.8 Å². The number of carbonyl (C=O) groups excluding carboxylic acids is 1. The Labute approximate surface area is 366 Å². The molecule has 0 saturated carbocycles. The van der Waals surface area contributed by atoms with Gasteiger partial charge in [0.25, 0.3) is 0 Å². The van der Waals surface area contributed by atoms with Gasteiger partial charge >= 0.3 is 7.82 Å². The standard InChI is InChI=1S/C50H101N2O6P/c1-3-5-7-9-11-13-15-17-19-21-22-23-24-25-26-27-28-30-32-34-36-38-40-42-44-50(54)52-48(47-58-59(55,56)57-46-45-51)49(53)43-41-39-37-35-33-31-29-20-18-16-14-12-10-8-6-4-2/h41,43,48-49,53H,3-40,42,44-47,51H2,1-2H3,(H,52,54)(H,55,56)/b43-41+/t48-,49+/m0/s1. The van der Waals surface area contributed by atoms with Crippen LogP contribution in [0.1, 0.15) is 271 Å². The predicted molar refractivity (Wildman–Crippen MR) is 254 cm³/mol. The van der Waals surface area contributed by atoms with Crippen molar-refractivity contribution in [2.24, 2.45) is 5.73 Å². The highest BCUT2D eigenvalue weighted by Gasteiger charge is 2.26. The van der Waals surface area contributed by atoms with Gasteiger partial charge in [-0.05, 0) is 19.3 Å². The number of unbranched alkanes of at least 4 members (excludes halogenated alkanes) is 37. The first-order valence-electron chi connectivity index (χ1n) is 25.8. The maximum atomic E-state index is 12.8. The Balaban J connectivity index is 4.01. The zero-order valence-corrected chi connectivity index (χ0v) is 40.2. The average Bonchev–Trinajstić information content (AvgIpc) is 3.22. The molecule has 0 saturated heterocycles. The molecule has 0 aliphatic rings. The molecular formula is C50H101N2O6P. The molecule has 0 aromatic carbocycles. The molecule has 0 fully saturated rings. The van der Waals surface area contributed by atoms with Gasteiger partial charge in [0.15, 0.2) is 0 Å². The molecule has 0 aromatic heterocycles. The number of carbonyl (C=O) groups is 1. The topological polar surface area (TPSA) is 131 Å². The lowest BCUT2D eigenvalue weighted by molar-refractivity contribution is -0.123. The van der Waals surface area contributed by atoms with Crippen LogP contribution >= 0.6 is 7.82 Å². The molecule has 1 amide bonds. The summed E-state index contributed by atoms with van der Waals surface area (Å²) in [5.74, 6) is -0.188. The first kappa shape index (κ1) is 58.2. The number of aliphatic hydroxyl groups excluding tert-OH is 1. The van der Waals surface area contributed by atoms with Crippen LogP contribution in [0.4, 0.5) is 0 Å². The predicted octanol–water partition coefficient (Wildman–Crippen LogP) is 15.1. The van der Waals surface area contributed by atoms with Crippen molar-refractivity contribution in [2.75, 3.05) is 19.8 Å². The second-order valence-corrected chi connectivity index (χ2v) is 19.2. The molecule has 59 heavy (non-hydrogen) atoms. The minimum absolute atomic E-state index is 0.0816. The van der Waals surface area contributed by atoms with E-state index in [-0.39, 0.29) is 25.7 Å². The third-order valence-electron chi connectivity index (χ3n) is 11.9. The van der Waals surface area contributed by atoms with Crippen LogP contribution in [-0.2, 0) is 18.4 Å². The first-order chi connectivity index (χ1) is 28.9. The maximum Gasteiger partial charge on any atom is 0.472 e. The van der Waals surface area contributed by atoms with E-state index in [1.54, 1.807) is 6.08 Å². The monoisotopic (exact) mass is 857 g/mol. The highest BCUT2D eigenvalue weighted by molar-refractivity contribution is 7.47. The van der Waals surface area contributed by atoms with Gasteiger partial charge < -0.3 is 21.1 Å². The summed E-state index contributed by atoms with van der Waals surface area (Å²) in [5.41, 5.74) is 5.39. The molecule has 8 nitrogen and oxygen atoms in total. The van der Waals surface area contributed by atoms with E-state index in [1.165, 1.54) is 212 Å². The smallest absolute Gasteiger partial charge is 0.387 e. The summed E-state index contributed by atoms with van der Waals surface area (Å²) in [7, 11) is -4.34. The van der Waals surface area contributed by atoms with E-state index in [2.05, 4.69) is 19.2 Å². The molecule has 0 heterocycles. The molecule has 0 bridgehead atoms. The van der Waals surface area contributed by atoms with Crippen molar-refractivity contribution < 1.29 is 28.4 Å². The fourth-order valence-corrected chi connectivity index (χ4v) is 8.72. The normalized spacial score (nSPS) is 13.9. The molecule has 3 atom stereocenters. The number of phosphoric acid groups is 1. The number of nitrogens with one attached hydrogen (secondary N) is 1. The maximum absolute atomic E-state index is 12.8. The SMILES string of the molecule is CCCCCCCCCCCCCCCC/C=C/[C@@H](O)[C@H](COP(=O)(O)OCCN)NC(=O)CCCCCCCCCCCCCCCCCCCCCCCCCC. The van der Waals surface area contributed by atoms with Crippen LogP contribution in [0.2, 0.25) is 0 Å². The van der Waals surface area contributed by atoms with Gasteiger partial charge in [-0.15, -0.1) is 0 Å². The number of amides is 1. The second kappa shape index (κ2) is 46.7. The lowest BCUT2D eigenvalue weighted by Gasteiger charge is -2.23. The van der Waals surface area contributed by atoms with E-state index < -0.39 is 20.0 Å². The molecule has 0 aliphatic heterocycles. The van der Waals surface area contributed by atoms with Crippen LogP contribution in [0.25, 0.3) is 0 Å². The number of phosphoric ester groups is 1. The number of hydrogen-bond donors (Lipinski definition) is 4. The lowest BCUT2D eigenvalue weighted by atomic mass is 10.0. The summed E-state index contributed by atoms with van der Waals surface area (Å²) in [5, 5.41) is 13.7. The average molecular weight is 857 g/mol. The Bertz CT molecular complexity index is 937. The minimum atomic E-state index is -4.34. The van der Waals surface area contributed by atoms with Crippen molar-refractivity contribution in [1.82, 2.24) is 5.32 Å². The molecular weight excluding hydrogens is 756 g/mol. The highest BCUT2D eigenvalue weighted by Crippen LogP contribution is 2.43. The van der Waals surface area contributed by atoms with Crippen LogP contribution in [0.5, 0.6) is 0 Å². The van der Waals surface area contributed by atoms with Crippen molar-refractivity contribution >= 4 is 13.7 Å². The molecule has 5 N–H and O–H groups in total. The number of allylic oxidation sites excluding steroid dienone is 1. The number of hydrogen-bond acceptors (Lipinski definition) is 6. The van der Waals surface area contributed by atoms with Gasteiger partial charge in [0.05, 0.1) is 25.4 Å². The Morgan fingerprint density at radius 2 is 0.864 bits per heavy atom. The molecule has 0 spiro atoms. The third kappa shape index (κ3) is 45.1. The van der Waals surface area contributed by atoms with E-state index in [1.807, 2.05) is 6.08 Å². The van der Waals surface area contributed by atoms with Gasteiger partial charge in [0, 0.05) is 13.0 Å². The van der Waals surface area contributed by atoms with Crippen LogP contribution in [0, 0.1) is 0 Å². The van der Waals surface area contributed by atoms with E-state index in [0.717, 1.165) is 38.5 Å².